The second-order valence-electron chi connectivity index (χ2n) is 11.1. The molecule has 2 amide bonds. The zero-order valence-corrected chi connectivity index (χ0v) is 24.3. The van der Waals surface area contributed by atoms with Crippen molar-refractivity contribution in [2.45, 2.75) is 52.3 Å². The number of carbonyl (C=O) groups is 2. The maximum Gasteiger partial charge on any atom is 0.410 e. The van der Waals surface area contributed by atoms with E-state index in [1.165, 1.54) is 26.4 Å². The normalized spacial score (nSPS) is 17.8. The lowest BCUT2D eigenvalue weighted by molar-refractivity contribution is 0.00565. The summed E-state index contributed by atoms with van der Waals surface area (Å²) in [5.74, 6) is -2.26. The molecule has 1 aromatic heterocycles. The standard InChI is InChI=1S/C29H36FN7O4/c1-15-13-36(14-16(2)37(15)28(40)41-29(3,4)5)18-8-9-21-19(11-18)24(27(39)33-7)35-26(34-21)20-10-17(12-32-6)23(31)22(30)25(20)38/h8-12,15-16,38H,13-14,31H2,1-7H3,(H,33,39)/t15-,16-/m0/s1. The SMILES string of the molecule is CN=Cc1cc(-c2nc(C(=O)NC)c3cc(N4C[C@H](C)N(C(=O)OC(C)(C)C)[C@@H](C)C4)ccc3n2)c(O)c(F)c1N. The molecule has 3 aromatic rings. The summed E-state index contributed by atoms with van der Waals surface area (Å²) in [7, 11) is 2.99. The number of phenolic OH excluding ortho intramolecular Hbond substituents is 1. The first kappa shape index (κ1) is 29.5. The number of ether oxygens (including phenoxy) is 1. The Bertz CT molecular complexity index is 1520. The van der Waals surface area contributed by atoms with Crippen molar-refractivity contribution in [1.82, 2.24) is 20.2 Å². The second kappa shape index (κ2) is 11.2. The highest BCUT2D eigenvalue weighted by atomic mass is 19.1. The molecule has 12 heteroatoms. The number of aliphatic imine (C=N–C) groups is 1. The van der Waals surface area contributed by atoms with E-state index in [-0.39, 0.29) is 46.5 Å². The van der Waals surface area contributed by atoms with Crippen molar-refractivity contribution < 1.29 is 23.8 Å². The van der Waals surface area contributed by atoms with Gasteiger partial charge in [0.15, 0.2) is 17.4 Å². The number of aromatic hydroxyl groups is 1. The summed E-state index contributed by atoms with van der Waals surface area (Å²) in [5.41, 5.74) is 6.47. The van der Waals surface area contributed by atoms with Crippen LogP contribution in [0.25, 0.3) is 22.3 Å². The molecule has 4 rings (SSSR count). The highest BCUT2D eigenvalue weighted by Gasteiger charge is 2.36. The van der Waals surface area contributed by atoms with Gasteiger partial charge in [-0.3, -0.25) is 14.7 Å². The monoisotopic (exact) mass is 565 g/mol. The van der Waals surface area contributed by atoms with Gasteiger partial charge in [0.05, 0.1) is 28.9 Å². The average Bonchev–Trinajstić information content (AvgIpc) is 2.90. The number of fused-ring (bicyclic) bond motifs is 1. The molecule has 2 heterocycles. The minimum absolute atomic E-state index is 0.0244. The zero-order valence-electron chi connectivity index (χ0n) is 24.3. The van der Waals surface area contributed by atoms with Crippen molar-refractivity contribution in [2.75, 3.05) is 37.8 Å². The van der Waals surface area contributed by atoms with Crippen LogP contribution in [0.15, 0.2) is 29.3 Å². The summed E-state index contributed by atoms with van der Waals surface area (Å²) in [4.78, 5) is 42.6. The number of nitrogens with zero attached hydrogens (tertiary/aromatic N) is 5. The molecule has 11 nitrogen and oxygen atoms in total. The van der Waals surface area contributed by atoms with Gasteiger partial charge in [-0.15, -0.1) is 0 Å². The number of amides is 2. The number of hydrogen-bond acceptors (Lipinski definition) is 9. The molecule has 41 heavy (non-hydrogen) atoms. The number of carbonyl (C=O) groups excluding carboxylic acids is 2. The van der Waals surface area contributed by atoms with Gasteiger partial charge < -0.3 is 25.8 Å². The molecule has 1 aliphatic rings. The van der Waals surface area contributed by atoms with E-state index < -0.39 is 23.1 Å². The van der Waals surface area contributed by atoms with Gasteiger partial charge in [0.25, 0.3) is 5.91 Å². The van der Waals surface area contributed by atoms with E-state index in [9.17, 15) is 19.1 Å². The predicted octanol–water partition coefficient (Wildman–Crippen LogP) is 3.97. The number of piperazine rings is 1. The first-order valence-corrected chi connectivity index (χ1v) is 13.3. The van der Waals surface area contributed by atoms with Crippen LogP contribution in [0.5, 0.6) is 5.75 Å². The summed E-state index contributed by atoms with van der Waals surface area (Å²) in [6, 6.07) is 6.60. The molecule has 0 saturated carbocycles. The molecule has 0 unspecified atom stereocenters. The van der Waals surface area contributed by atoms with E-state index in [1.54, 1.807) is 11.0 Å². The van der Waals surface area contributed by atoms with Crippen LogP contribution in [0.4, 0.5) is 20.6 Å². The van der Waals surface area contributed by atoms with Gasteiger partial charge >= 0.3 is 6.09 Å². The fraction of sp³-hybridized carbons (Fsp3) is 0.414. The number of aromatic nitrogens is 2. The van der Waals surface area contributed by atoms with E-state index in [2.05, 4.69) is 25.2 Å². The Hall–Kier alpha value is -4.48. The average molecular weight is 566 g/mol. The quantitative estimate of drug-likeness (QED) is 0.318. The fourth-order valence-electron chi connectivity index (χ4n) is 5.02. The Morgan fingerprint density at radius 2 is 1.85 bits per heavy atom. The number of phenols is 1. The van der Waals surface area contributed by atoms with Crippen molar-refractivity contribution in [3.8, 4) is 17.1 Å². The van der Waals surface area contributed by atoms with Crippen LogP contribution in [-0.4, -0.2) is 83.1 Å². The topological polar surface area (TPSA) is 146 Å². The number of benzene rings is 2. The van der Waals surface area contributed by atoms with E-state index in [0.29, 0.717) is 24.0 Å². The largest absolute Gasteiger partial charge is 0.504 e. The molecule has 0 radical (unpaired) electrons. The number of nitrogen functional groups attached to an aromatic ring is 1. The Balaban J connectivity index is 1.75. The van der Waals surface area contributed by atoms with E-state index in [1.807, 2.05) is 46.8 Å². The number of nitrogens with one attached hydrogen (secondary N) is 1. The third-order valence-corrected chi connectivity index (χ3v) is 6.83. The molecular formula is C29H36FN7O4. The van der Waals surface area contributed by atoms with Crippen LogP contribution in [-0.2, 0) is 4.74 Å². The van der Waals surface area contributed by atoms with E-state index in [4.69, 9.17) is 10.5 Å². The molecule has 218 valence electrons. The van der Waals surface area contributed by atoms with Crippen molar-refractivity contribution >= 4 is 40.5 Å². The maximum absolute atomic E-state index is 14.8. The van der Waals surface area contributed by atoms with Crippen LogP contribution in [0.2, 0.25) is 0 Å². The van der Waals surface area contributed by atoms with Gasteiger partial charge in [-0.2, -0.15) is 0 Å². The summed E-state index contributed by atoms with van der Waals surface area (Å²) in [6.45, 7) is 10.5. The molecule has 1 aliphatic heterocycles. The van der Waals surface area contributed by atoms with Crippen LogP contribution >= 0.6 is 0 Å². The lowest BCUT2D eigenvalue weighted by Crippen LogP contribution is -2.59. The molecule has 0 spiro atoms. The minimum Gasteiger partial charge on any atom is -0.504 e. The van der Waals surface area contributed by atoms with Gasteiger partial charge in [-0.05, 0) is 58.9 Å². The van der Waals surface area contributed by atoms with Crippen molar-refractivity contribution in [1.29, 1.82) is 0 Å². The lowest BCUT2D eigenvalue weighted by Gasteiger charge is -2.45. The smallest absolute Gasteiger partial charge is 0.410 e. The summed E-state index contributed by atoms with van der Waals surface area (Å²) in [5, 5.41) is 13.6. The van der Waals surface area contributed by atoms with Crippen LogP contribution in [0, 0.1) is 5.82 Å². The number of rotatable bonds is 4. The van der Waals surface area contributed by atoms with Gasteiger partial charge in [0.2, 0.25) is 0 Å². The molecular weight excluding hydrogens is 529 g/mol. The Kier molecular flexibility index (Phi) is 8.05. The van der Waals surface area contributed by atoms with E-state index >= 15 is 0 Å². The first-order chi connectivity index (χ1) is 19.2. The van der Waals surface area contributed by atoms with Crippen molar-refractivity contribution in [3.05, 3.63) is 41.3 Å². The zero-order chi connectivity index (χ0) is 30.2. The highest BCUT2D eigenvalue weighted by molar-refractivity contribution is 6.06. The molecule has 0 bridgehead atoms. The Morgan fingerprint density at radius 3 is 2.44 bits per heavy atom. The number of nitrogens with two attached hydrogens (primary N) is 1. The van der Waals surface area contributed by atoms with Gasteiger partial charge in [0, 0.05) is 50.0 Å². The maximum atomic E-state index is 14.8. The lowest BCUT2D eigenvalue weighted by atomic mass is 10.0. The highest BCUT2D eigenvalue weighted by Crippen LogP contribution is 2.36. The second-order valence-corrected chi connectivity index (χ2v) is 11.1. The number of hydrogen-bond donors (Lipinski definition) is 3. The van der Waals surface area contributed by atoms with Crippen LogP contribution in [0.1, 0.15) is 50.7 Å². The van der Waals surface area contributed by atoms with Gasteiger partial charge in [-0.1, -0.05) is 0 Å². The van der Waals surface area contributed by atoms with Gasteiger partial charge in [0.1, 0.15) is 11.3 Å². The molecule has 2 aromatic carbocycles. The first-order valence-electron chi connectivity index (χ1n) is 13.3. The summed E-state index contributed by atoms with van der Waals surface area (Å²) < 4.78 is 20.4. The molecule has 0 aliphatic carbocycles. The fourth-order valence-corrected chi connectivity index (χ4v) is 5.02. The van der Waals surface area contributed by atoms with Gasteiger partial charge in [-0.25, -0.2) is 19.2 Å². The predicted molar refractivity (Wildman–Crippen MR) is 157 cm³/mol. The molecule has 1 saturated heterocycles. The molecule has 4 N–H and O–H groups in total. The Labute approximate surface area is 238 Å². The molecule has 2 atom stereocenters. The number of halogens is 1. The van der Waals surface area contributed by atoms with Crippen LogP contribution in [0.3, 0.4) is 0 Å². The Morgan fingerprint density at radius 1 is 1.20 bits per heavy atom. The van der Waals surface area contributed by atoms with E-state index in [0.717, 1.165) is 5.69 Å². The third kappa shape index (κ3) is 5.86. The van der Waals surface area contributed by atoms with Crippen LogP contribution < -0.4 is 16.0 Å². The molecule has 1 fully saturated rings. The number of anilines is 2. The summed E-state index contributed by atoms with van der Waals surface area (Å²) in [6.07, 6.45) is 1.01. The van der Waals surface area contributed by atoms with Crippen molar-refractivity contribution in [2.24, 2.45) is 4.99 Å². The third-order valence-electron chi connectivity index (χ3n) is 6.83. The van der Waals surface area contributed by atoms with Crippen molar-refractivity contribution in [3.63, 3.8) is 0 Å². The summed E-state index contributed by atoms with van der Waals surface area (Å²) >= 11 is 0. The minimum atomic E-state index is -1.02.